The van der Waals surface area contributed by atoms with Gasteiger partial charge in [-0.3, -0.25) is 0 Å². The highest BCUT2D eigenvalue weighted by Gasteiger charge is 2.62. The topological polar surface area (TPSA) is 29.5 Å². The number of hydrogen-bond donors (Lipinski definition) is 1. The van der Waals surface area contributed by atoms with Crippen molar-refractivity contribution in [1.82, 2.24) is 0 Å². The highest BCUT2D eigenvalue weighted by molar-refractivity contribution is 5.41. The minimum atomic E-state index is -0.920. The van der Waals surface area contributed by atoms with Crippen LogP contribution < -0.4 is 4.74 Å². The zero-order valence-corrected chi connectivity index (χ0v) is 15.0. The standard InChI is InChI=1S/C22H28O2/c1-5-22(23)11-10-19-18-8-6-15-12-16(24-4)7-9-17(15)20(18)14(2)13-21(19,22)3/h1,7,9,12,14,18-20,23H,6,8,10-11,13H2,2-4H3/t14-,18+,19+,20-,21-,22-/m0/s1. The zero-order chi connectivity index (χ0) is 17.1. The molecule has 1 aromatic rings. The molecule has 3 aliphatic rings. The molecule has 0 amide bonds. The Morgan fingerprint density at radius 2 is 2.12 bits per heavy atom. The Morgan fingerprint density at radius 1 is 1.33 bits per heavy atom. The van der Waals surface area contributed by atoms with Gasteiger partial charge in [-0.2, -0.15) is 0 Å². The average molecular weight is 324 g/mol. The molecule has 0 heterocycles. The van der Waals surface area contributed by atoms with Gasteiger partial charge >= 0.3 is 0 Å². The zero-order valence-electron chi connectivity index (χ0n) is 15.0. The highest BCUT2D eigenvalue weighted by atomic mass is 16.5. The van der Waals surface area contributed by atoms with E-state index in [0.717, 1.165) is 31.4 Å². The van der Waals surface area contributed by atoms with Gasteiger partial charge in [-0.25, -0.2) is 0 Å². The van der Waals surface area contributed by atoms with Crippen LogP contribution in [-0.4, -0.2) is 17.8 Å². The van der Waals surface area contributed by atoms with Crippen LogP contribution in [0.2, 0.25) is 0 Å². The van der Waals surface area contributed by atoms with E-state index in [1.54, 1.807) is 7.11 Å². The smallest absolute Gasteiger partial charge is 0.130 e. The number of methoxy groups -OCH3 is 1. The Morgan fingerprint density at radius 3 is 2.83 bits per heavy atom. The third kappa shape index (κ3) is 1.94. The van der Waals surface area contributed by atoms with Gasteiger partial charge < -0.3 is 9.84 Å². The third-order valence-corrected chi connectivity index (χ3v) is 7.61. The van der Waals surface area contributed by atoms with Gasteiger partial charge in [0.1, 0.15) is 11.4 Å². The van der Waals surface area contributed by atoms with Gasteiger partial charge in [-0.05, 0) is 79.0 Å². The molecule has 2 saturated carbocycles. The normalized spacial score (nSPS) is 43.3. The SMILES string of the molecule is C#C[C@]1(O)CC[C@@H]2[C@H]3CCc4cc(OC)ccc4[C@@H]3[C@@H](C)C[C@@]21C. The van der Waals surface area contributed by atoms with Crippen LogP contribution in [0.1, 0.15) is 56.6 Å². The van der Waals surface area contributed by atoms with Crippen molar-refractivity contribution in [3.63, 3.8) is 0 Å². The summed E-state index contributed by atoms with van der Waals surface area (Å²) in [5.41, 5.74) is 1.91. The monoisotopic (exact) mass is 324 g/mol. The minimum absolute atomic E-state index is 0.133. The van der Waals surface area contributed by atoms with Gasteiger partial charge in [-0.15, -0.1) is 6.42 Å². The second kappa shape index (κ2) is 5.27. The van der Waals surface area contributed by atoms with Crippen molar-refractivity contribution >= 4 is 0 Å². The minimum Gasteiger partial charge on any atom is -0.497 e. The number of aryl methyl sites for hydroxylation is 1. The Balaban J connectivity index is 1.75. The Hall–Kier alpha value is -1.46. The van der Waals surface area contributed by atoms with Gasteiger partial charge in [-0.1, -0.05) is 25.8 Å². The fourth-order valence-corrected chi connectivity index (χ4v) is 6.48. The van der Waals surface area contributed by atoms with E-state index in [9.17, 15) is 5.11 Å². The summed E-state index contributed by atoms with van der Waals surface area (Å²) in [6.45, 7) is 4.61. The fraction of sp³-hybridized carbons (Fsp3) is 0.636. The summed E-state index contributed by atoms with van der Waals surface area (Å²) in [5.74, 6) is 6.05. The molecule has 6 atom stereocenters. The molecular weight excluding hydrogens is 296 g/mol. The summed E-state index contributed by atoms with van der Waals surface area (Å²) in [6, 6.07) is 6.61. The van der Waals surface area contributed by atoms with Gasteiger partial charge in [0.15, 0.2) is 0 Å². The van der Waals surface area contributed by atoms with E-state index >= 15 is 0 Å². The third-order valence-electron chi connectivity index (χ3n) is 7.61. The van der Waals surface area contributed by atoms with Crippen LogP contribution in [0.15, 0.2) is 18.2 Å². The molecule has 0 aliphatic heterocycles. The van der Waals surface area contributed by atoms with Crippen molar-refractivity contribution < 1.29 is 9.84 Å². The van der Waals surface area contributed by atoms with Crippen LogP contribution >= 0.6 is 0 Å². The lowest BCUT2D eigenvalue weighted by Gasteiger charge is -2.54. The second-order valence-electron chi connectivity index (χ2n) is 8.54. The van der Waals surface area contributed by atoms with E-state index < -0.39 is 5.60 Å². The van der Waals surface area contributed by atoms with E-state index in [4.69, 9.17) is 11.2 Å². The molecule has 0 bridgehead atoms. The first kappa shape index (κ1) is 16.0. The lowest BCUT2D eigenvalue weighted by molar-refractivity contribution is -0.0811. The number of rotatable bonds is 1. The number of aliphatic hydroxyl groups is 1. The maximum Gasteiger partial charge on any atom is 0.130 e. The summed E-state index contributed by atoms with van der Waals surface area (Å²) in [4.78, 5) is 0. The van der Waals surface area contributed by atoms with Crippen molar-refractivity contribution in [3.05, 3.63) is 29.3 Å². The predicted octanol–water partition coefficient (Wildman–Crippen LogP) is 4.16. The molecule has 4 rings (SSSR count). The van der Waals surface area contributed by atoms with Crippen LogP contribution in [-0.2, 0) is 6.42 Å². The highest BCUT2D eigenvalue weighted by Crippen LogP contribution is 2.65. The number of fused-ring (bicyclic) bond motifs is 5. The maximum atomic E-state index is 11.1. The lowest BCUT2D eigenvalue weighted by Crippen LogP contribution is -2.52. The Kier molecular flexibility index (Phi) is 3.52. The van der Waals surface area contributed by atoms with E-state index in [2.05, 4.69) is 38.0 Å². The summed E-state index contributed by atoms with van der Waals surface area (Å²) in [7, 11) is 1.74. The number of ether oxygens (including phenoxy) is 1. The molecule has 128 valence electrons. The van der Waals surface area contributed by atoms with Gasteiger partial charge in [0, 0.05) is 5.41 Å². The summed E-state index contributed by atoms with van der Waals surface area (Å²) in [5, 5.41) is 11.1. The Bertz CT molecular complexity index is 702. The molecule has 0 aromatic heterocycles. The largest absolute Gasteiger partial charge is 0.497 e. The lowest BCUT2D eigenvalue weighted by atomic mass is 9.50. The van der Waals surface area contributed by atoms with Gasteiger partial charge in [0.25, 0.3) is 0 Å². The van der Waals surface area contributed by atoms with Crippen molar-refractivity contribution in [1.29, 1.82) is 0 Å². The number of terminal acetylenes is 1. The molecule has 2 heteroatoms. The first-order valence-electron chi connectivity index (χ1n) is 9.30. The van der Waals surface area contributed by atoms with E-state index in [1.807, 2.05) is 0 Å². The van der Waals surface area contributed by atoms with E-state index in [1.165, 1.54) is 17.5 Å². The first-order chi connectivity index (χ1) is 11.4. The molecule has 3 aliphatic carbocycles. The summed E-state index contributed by atoms with van der Waals surface area (Å²) >= 11 is 0. The fourth-order valence-electron chi connectivity index (χ4n) is 6.48. The molecular formula is C22H28O2. The molecule has 0 spiro atoms. The maximum absolute atomic E-state index is 11.1. The summed E-state index contributed by atoms with van der Waals surface area (Å²) < 4.78 is 5.42. The van der Waals surface area contributed by atoms with Crippen LogP contribution in [0.3, 0.4) is 0 Å². The quantitative estimate of drug-likeness (QED) is 0.786. The first-order valence-corrected chi connectivity index (χ1v) is 9.30. The van der Waals surface area contributed by atoms with Crippen LogP contribution in [0.25, 0.3) is 0 Å². The van der Waals surface area contributed by atoms with Crippen molar-refractivity contribution in [2.24, 2.45) is 23.2 Å². The summed E-state index contributed by atoms with van der Waals surface area (Å²) in [6.07, 6.45) is 10.9. The van der Waals surface area contributed by atoms with Gasteiger partial charge in [0.2, 0.25) is 0 Å². The van der Waals surface area contributed by atoms with E-state index in [0.29, 0.717) is 23.7 Å². The van der Waals surface area contributed by atoms with Crippen molar-refractivity contribution in [2.75, 3.05) is 7.11 Å². The Labute approximate surface area is 145 Å². The predicted molar refractivity (Wildman–Crippen MR) is 95.9 cm³/mol. The average Bonchev–Trinajstić information content (AvgIpc) is 2.85. The molecule has 2 fully saturated rings. The van der Waals surface area contributed by atoms with Crippen LogP contribution in [0.5, 0.6) is 5.75 Å². The molecule has 2 nitrogen and oxygen atoms in total. The van der Waals surface area contributed by atoms with E-state index in [-0.39, 0.29) is 5.41 Å². The van der Waals surface area contributed by atoms with Crippen molar-refractivity contribution in [3.8, 4) is 18.1 Å². The molecule has 0 unspecified atom stereocenters. The molecule has 1 aromatic carbocycles. The second-order valence-corrected chi connectivity index (χ2v) is 8.54. The number of hydrogen-bond acceptors (Lipinski definition) is 2. The van der Waals surface area contributed by atoms with Crippen molar-refractivity contribution in [2.45, 2.75) is 57.5 Å². The van der Waals surface area contributed by atoms with Crippen LogP contribution in [0, 0.1) is 35.5 Å². The molecule has 0 radical (unpaired) electrons. The molecule has 0 saturated heterocycles. The molecule has 1 N–H and O–H groups in total. The molecule has 24 heavy (non-hydrogen) atoms. The number of benzene rings is 1. The van der Waals surface area contributed by atoms with Crippen LogP contribution in [0.4, 0.5) is 0 Å². The van der Waals surface area contributed by atoms with Gasteiger partial charge in [0.05, 0.1) is 7.11 Å².